The lowest BCUT2D eigenvalue weighted by atomic mass is 9.67. The lowest BCUT2D eigenvalue weighted by Crippen LogP contribution is -2.33. The Bertz CT molecular complexity index is 1550. The van der Waals surface area contributed by atoms with Crippen molar-refractivity contribution in [3.05, 3.63) is 109 Å². The van der Waals surface area contributed by atoms with Crippen LogP contribution in [0.25, 0.3) is 17.7 Å². The molecule has 1 unspecified atom stereocenters. The van der Waals surface area contributed by atoms with E-state index in [2.05, 4.69) is 71.7 Å². The predicted octanol–water partition coefficient (Wildman–Crippen LogP) is 5.47. The van der Waals surface area contributed by atoms with E-state index < -0.39 is 0 Å². The Balaban J connectivity index is 1.53. The molecule has 33 heavy (non-hydrogen) atoms. The average molecular weight is 428 g/mol. The highest BCUT2D eigenvalue weighted by Gasteiger charge is 2.32. The van der Waals surface area contributed by atoms with Gasteiger partial charge in [-0.3, -0.25) is 4.99 Å². The molecule has 1 heteroatoms. The van der Waals surface area contributed by atoms with E-state index in [1.165, 1.54) is 69.7 Å². The fraction of sp³-hybridized carbons (Fsp3) is 0.281. The standard InChI is InChI=1S/C32H29N/c1-2-9-25-22(5-1)11-12-29-28(25)13-14-30-31(19-24(20-32(29)30)21-6-3-7-21)27-10-4-8-23-15-17-33-18-16-26(23)27/h1-2,4-5,8-11,13-14,16-18,21,24H,3,6-7,12,15,19-20H2. The molecule has 0 saturated heterocycles. The molecule has 3 aliphatic carbocycles. The topological polar surface area (TPSA) is 12.4 Å². The molecule has 3 aromatic rings. The summed E-state index contributed by atoms with van der Waals surface area (Å²) in [4.78, 5) is 4.44. The molecule has 1 nitrogen and oxygen atoms in total. The van der Waals surface area contributed by atoms with E-state index in [1.54, 1.807) is 16.7 Å². The van der Waals surface area contributed by atoms with Crippen LogP contribution in [0.3, 0.4) is 0 Å². The van der Waals surface area contributed by atoms with Crippen molar-refractivity contribution in [2.45, 2.75) is 44.9 Å². The first-order valence-corrected chi connectivity index (χ1v) is 12.6. The van der Waals surface area contributed by atoms with Gasteiger partial charge in [-0.05, 0) is 91.4 Å². The van der Waals surface area contributed by atoms with Crippen molar-refractivity contribution in [3.63, 3.8) is 0 Å². The normalized spacial score (nSPS) is 20.6. The Morgan fingerprint density at radius 1 is 0.727 bits per heavy atom. The maximum Gasteiger partial charge on any atom is 0.0270 e. The molecule has 0 amide bonds. The summed E-state index contributed by atoms with van der Waals surface area (Å²) in [6, 6.07) is 20.6. The molecule has 7 rings (SSSR count). The number of hydrogen-bond acceptors (Lipinski definition) is 1. The van der Waals surface area contributed by atoms with Gasteiger partial charge in [0.2, 0.25) is 0 Å². The van der Waals surface area contributed by atoms with Gasteiger partial charge in [0.1, 0.15) is 0 Å². The van der Waals surface area contributed by atoms with Gasteiger partial charge in [-0.25, -0.2) is 0 Å². The molecule has 162 valence electrons. The number of fused-ring (bicyclic) bond motifs is 5. The van der Waals surface area contributed by atoms with Gasteiger partial charge in [-0.15, -0.1) is 0 Å². The minimum absolute atomic E-state index is 0.770. The highest BCUT2D eigenvalue weighted by Crippen LogP contribution is 2.42. The summed E-state index contributed by atoms with van der Waals surface area (Å²) >= 11 is 0. The third-order valence-corrected chi connectivity index (χ3v) is 8.55. The number of hydrogen-bond donors (Lipinski definition) is 0. The van der Waals surface area contributed by atoms with Crippen molar-refractivity contribution < 1.29 is 0 Å². The first kappa shape index (κ1) is 19.3. The van der Waals surface area contributed by atoms with Crippen LogP contribution in [0.2, 0.25) is 0 Å². The van der Waals surface area contributed by atoms with E-state index in [0.717, 1.165) is 24.7 Å². The summed E-state index contributed by atoms with van der Waals surface area (Å²) in [5.74, 6) is 1.66. The molecule has 0 bridgehead atoms. The Morgan fingerprint density at radius 2 is 1.64 bits per heavy atom. The molecule has 1 fully saturated rings. The molecule has 0 N–H and O–H groups in total. The van der Waals surface area contributed by atoms with Crippen LogP contribution in [-0.2, 0) is 19.3 Å². The second-order valence-corrected chi connectivity index (χ2v) is 10.2. The van der Waals surface area contributed by atoms with Gasteiger partial charge < -0.3 is 0 Å². The quantitative estimate of drug-likeness (QED) is 0.514. The van der Waals surface area contributed by atoms with Gasteiger partial charge in [-0.1, -0.05) is 79.9 Å². The number of aliphatic imine (C=N–C) groups is 1. The van der Waals surface area contributed by atoms with E-state index in [1.807, 2.05) is 12.4 Å². The van der Waals surface area contributed by atoms with Gasteiger partial charge in [0.05, 0.1) is 0 Å². The van der Waals surface area contributed by atoms with Crippen molar-refractivity contribution >= 4 is 23.9 Å². The first-order chi connectivity index (χ1) is 16.4. The van der Waals surface area contributed by atoms with Crippen molar-refractivity contribution in [1.82, 2.24) is 0 Å². The summed E-state index contributed by atoms with van der Waals surface area (Å²) in [6.45, 7) is 0. The monoisotopic (exact) mass is 427 g/mol. The largest absolute Gasteiger partial charge is 0.269 e. The Labute approximate surface area is 195 Å². The van der Waals surface area contributed by atoms with Crippen LogP contribution in [0, 0.1) is 22.3 Å². The molecular formula is C32H29N. The summed E-state index contributed by atoms with van der Waals surface area (Å²) in [5.41, 5.74) is 8.97. The SMILES string of the molecule is C1=Cc2c(cccc2C2=c3ccc4c(c3CC(C3CCC3)C2)CC=c2ccccc2=4)CC=N1. The second-order valence-electron chi connectivity index (χ2n) is 10.2. The van der Waals surface area contributed by atoms with Crippen molar-refractivity contribution in [1.29, 1.82) is 0 Å². The Hall–Kier alpha value is -3.19. The number of rotatable bonds is 2. The molecule has 1 aliphatic heterocycles. The zero-order valence-corrected chi connectivity index (χ0v) is 19.1. The minimum atomic E-state index is 0.770. The zero-order chi connectivity index (χ0) is 21.8. The summed E-state index contributed by atoms with van der Waals surface area (Å²) in [7, 11) is 0. The maximum absolute atomic E-state index is 4.44. The van der Waals surface area contributed by atoms with Crippen LogP contribution < -0.4 is 10.4 Å². The van der Waals surface area contributed by atoms with E-state index in [-0.39, 0.29) is 0 Å². The smallest absolute Gasteiger partial charge is 0.0270 e. The third-order valence-electron chi connectivity index (χ3n) is 8.55. The third kappa shape index (κ3) is 3.09. The van der Waals surface area contributed by atoms with Crippen LogP contribution in [0.1, 0.15) is 53.5 Å². The van der Waals surface area contributed by atoms with Crippen molar-refractivity contribution in [3.8, 4) is 0 Å². The highest BCUT2D eigenvalue weighted by atomic mass is 14.7. The fourth-order valence-corrected chi connectivity index (χ4v) is 6.61. The van der Waals surface area contributed by atoms with Crippen LogP contribution in [0.4, 0.5) is 0 Å². The minimum Gasteiger partial charge on any atom is -0.269 e. The average Bonchev–Trinajstić information content (AvgIpc) is 3.08. The lowest BCUT2D eigenvalue weighted by Gasteiger charge is -2.38. The van der Waals surface area contributed by atoms with Gasteiger partial charge in [0.25, 0.3) is 0 Å². The Morgan fingerprint density at radius 3 is 2.55 bits per heavy atom. The molecular weight excluding hydrogens is 398 g/mol. The summed E-state index contributed by atoms with van der Waals surface area (Å²) in [5, 5.41) is 5.76. The molecule has 1 heterocycles. The molecule has 4 aliphatic rings. The van der Waals surface area contributed by atoms with E-state index in [0.29, 0.717) is 0 Å². The highest BCUT2D eigenvalue weighted by molar-refractivity contribution is 5.80. The molecule has 0 spiro atoms. The van der Waals surface area contributed by atoms with E-state index >= 15 is 0 Å². The molecule has 0 aromatic heterocycles. The number of benzene rings is 3. The second kappa shape index (κ2) is 7.70. The molecule has 0 radical (unpaired) electrons. The molecule has 1 saturated carbocycles. The van der Waals surface area contributed by atoms with Crippen LogP contribution in [-0.4, -0.2) is 6.21 Å². The van der Waals surface area contributed by atoms with Crippen LogP contribution in [0.5, 0.6) is 0 Å². The van der Waals surface area contributed by atoms with Gasteiger partial charge >= 0.3 is 0 Å². The van der Waals surface area contributed by atoms with Crippen LogP contribution >= 0.6 is 0 Å². The number of nitrogens with zero attached hydrogens (tertiary/aromatic N) is 1. The van der Waals surface area contributed by atoms with Crippen molar-refractivity contribution in [2.75, 3.05) is 0 Å². The van der Waals surface area contributed by atoms with E-state index in [4.69, 9.17) is 0 Å². The van der Waals surface area contributed by atoms with Gasteiger partial charge in [0.15, 0.2) is 0 Å². The summed E-state index contributed by atoms with van der Waals surface area (Å²) in [6.07, 6.45) is 17.4. The summed E-state index contributed by atoms with van der Waals surface area (Å²) < 4.78 is 0. The molecule has 3 aromatic carbocycles. The van der Waals surface area contributed by atoms with Crippen LogP contribution in [0.15, 0.2) is 65.8 Å². The fourth-order valence-electron chi connectivity index (χ4n) is 6.61. The first-order valence-electron chi connectivity index (χ1n) is 12.6. The zero-order valence-electron chi connectivity index (χ0n) is 19.1. The Kier molecular flexibility index (Phi) is 4.50. The maximum atomic E-state index is 4.44. The predicted molar refractivity (Wildman–Crippen MR) is 137 cm³/mol. The van der Waals surface area contributed by atoms with Gasteiger partial charge in [-0.2, -0.15) is 0 Å². The molecule has 1 atom stereocenters. The lowest BCUT2D eigenvalue weighted by molar-refractivity contribution is 0.205. The van der Waals surface area contributed by atoms with Crippen molar-refractivity contribution in [2.24, 2.45) is 16.8 Å². The van der Waals surface area contributed by atoms with E-state index in [9.17, 15) is 0 Å². The van der Waals surface area contributed by atoms with Gasteiger partial charge in [0, 0.05) is 18.8 Å².